The van der Waals surface area contributed by atoms with E-state index in [1.807, 2.05) is 0 Å². The van der Waals surface area contributed by atoms with Crippen LogP contribution in [0, 0.1) is 11.3 Å². The van der Waals surface area contributed by atoms with Gasteiger partial charge in [-0.15, -0.1) is 0 Å². The Hall–Kier alpha value is -0.180. The Morgan fingerprint density at radius 3 is 2.53 bits per heavy atom. The molecular weight excluding hydrogens is 196 g/mol. The van der Waals surface area contributed by atoms with Gasteiger partial charge in [-0.1, -0.05) is 26.7 Å². The minimum absolute atomic E-state index is 0.307. The van der Waals surface area contributed by atoms with Crippen LogP contribution in [0.3, 0.4) is 0 Å². The molecule has 0 radical (unpaired) electrons. The van der Waals surface area contributed by atoms with Gasteiger partial charge in [0.25, 0.3) is 6.43 Å². The maximum atomic E-state index is 12.6. The van der Waals surface area contributed by atoms with Gasteiger partial charge in [-0.3, -0.25) is 0 Å². The normalized spacial score (nSPS) is 30.2. The van der Waals surface area contributed by atoms with Crippen LogP contribution in [0.2, 0.25) is 0 Å². The van der Waals surface area contributed by atoms with Gasteiger partial charge in [-0.25, -0.2) is 8.78 Å². The average molecular weight is 219 g/mol. The van der Waals surface area contributed by atoms with Crippen molar-refractivity contribution in [3.63, 3.8) is 0 Å². The molecule has 3 heteroatoms. The fraction of sp³-hybridized carbons (Fsp3) is 1.00. The van der Waals surface area contributed by atoms with Crippen LogP contribution in [0.5, 0.6) is 0 Å². The predicted octanol–water partition coefficient (Wildman–Crippen LogP) is 3.58. The van der Waals surface area contributed by atoms with Crippen LogP contribution in [-0.4, -0.2) is 12.0 Å². The van der Waals surface area contributed by atoms with E-state index in [4.69, 9.17) is 5.73 Å². The van der Waals surface area contributed by atoms with Crippen molar-refractivity contribution in [2.24, 2.45) is 17.1 Å². The largest absolute Gasteiger partial charge is 0.321 e. The predicted molar refractivity (Wildman–Crippen MR) is 59.0 cm³/mol. The molecule has 0 saturated heterocycles. The first-order valence-corrected chi connectivity index (χ1v) is 5.80. The number of alkyl halides is 2. The van der Waals surface area contributed by atoms with Gasteiger partial charge in [-0.2, -0.15) is 0 Å². The fourth-order valence-corrected chi connectivity index (χ4v) is 2.74. The molecule has 1 aliphatic rings. The van der Waals surface area contributed by atoms with Crippen LogP contribution >= 0.6 is 0 Å². The standard InChI is InChI=1S/C12H23F2N/c1-11(2)6-4-5-9(7-11)8-12(3,15)10(13)14/h9-10H,4-8,15H2,1-3H3. The minimum atomic E-state index is -2.41. The highest BCUT2D eigenvalue weighted by atomic mass is 19.3. The van der Waals surface area contributed by atoms with Crippen molar-refractivity contribution in [2.75, 3.05) is 0 Å². The quantitative estimate of drug-likeness (QED) is 0.771. The second-order valence-corrected chi connectivity index (χ2v) is 6.14. The summed E-state index contributed by atoms with van der Waals surface area (Å²) < 4.78 is 25.3. The van der Waals surface area contributed by atoms with Gasteiger partial charge in [0.1, 0.15) is 0 Å². The molecule has 1 nitrogen and oxygen atoms in total. The topological polar surface area (TPSA) is 26.0 Å². The van der Waals surface area contributed by atoms with Crippen molar-refractivity contribution >= 4 is 0 Å². The lowest BCUT2D eigenvalue weighted by atomic mass is 9.69. The van der Waals surface area contributed by atoms with Crippen molar-refractivity contribution < 1.29 is 8.78 Å². The van der Waals surface area contributed by atoms with Crippen molar-refractivity contribution in [1.82, 2.24) is 0 Å². The molecule has 2 atom stereocenters. The smallest absolute Gasteiger partial charge is 0.256 e. The second kappa shape index (κ2) is 4.36. The molecule has 0 heterocycles. The molecule has 0 bridgehead atoms. The molecule has 1 fully saturated rings. The maximum Gasteiger partial charge on any atom is 0.256 e. The number of hydrogen-bond donors (Lipinski definition) is 1. The Labute approximate surface area is 91.4 Å². The molecular formula is C12H23F2N. The number of nitrogens with two attached hydrogens (primary N) is 1. The van der Waals surface area contributed by atoms with Crippen LogP contribution in [0.4, 0.5) is 8.78 Å². The van der Waals surface area contributed by atoms with E-state index in [1.165, 1.54) is 13.3 Å². The van der Waals surface area contributed by atoms with E-state index in [1.54, 1.807) is 0 Å². The molecule has 0 aromatic rings. The lowest BCUT2D eigenvalue weighted by molar-refractivity contribution is 0.0365. The third-order valence-corrected chi connectivity index (χ3v) is 3.53. The number of halogens is 2. The van der Waals surface area contributed by atoms with Crippen LogP contribution in [0.15, 0.2) is 0 Å². The summed E-state index contributed by atoms with van der Waals surface area (Å²) in [6.07, 6.45) is 2.49. The van der Waals surface area contributed by atoms with Crippen LogP contribution in [-0.2, 0) is 0 Å². The Morgan fingerprint density at radius 2 is 2.07 bits per heavy atom. The van der Waals surface area contributed by atoms with Gasteiger partial charge >= 0.3 is 0 Å². The summed E-state index contributed by atoms with van der Waals surface area (Å²) in [6.45, 7) is 5.91. The third kappa shape index (κ3) is 3.71. The first-order valence-electron chi connectivity index (χ1n) is 5.80. The zero-order chi connectivity index (χ0) is 11.7. The van der Waals surface area contributed by atoms with Crippen molar-refractivity contribution in [3.8, 4) is 0 Å². The zero-order valence-corrected chi connectivity index (χ0v) is 10.0. The molecule has 15 heavy (non-hydrogen) atoms. The summed E-state index contributed by atoms with van der Waals surface area (Å²) in [5, 5.41) is 0. The van der Waals surface area contributed by atoms with Gasteiger partial charge in [0, 0.05) is 0 Å². The monoisotopic (exact) mass is 219 g/mol. The fourth-order valence-electron chi connectivity index (χ4n) is 2.74. The summed E-state index contributed by atoms with van der Waals surface area (Å²) >= 11 is 0. The Kier molecular flexibility index (Phi) is 3.75. The Morgan fingerprint density at radius 1 is 1.47 bits per heavy atom. The van der Waals surface area contributed by atoms with Crippen molar-refractivity contribution in [3.05, 3.63) is 0 Å². The molecule has 2 N–H and O–H groups in total. The van der Waals surface area contributed by atoms with E-state index in [9.17, 15) is 8.78 Å². The van der Waals surface area contributed by atoms with E-state index in [2.05, 4.69) is 13.8 Å². The van der Waals surface area contributed by atoms with E-state index in [0.29, 0.717) is 17.8 Å². The molecule has 0 aromatic heterocycles. The van der Waals surface area contributed by atoms with Gasteiger partial charge in [-0.05, 0) is 37.5 Å². The molecule has 0 aromatic carbocycles. The maximum absolute atomic E-state index is 12.6. The summed E-state index contributed by atoms with van der Waals surface area (Å²) in [7, 11) is 0. The zero-order valence-electron chi connectivity index (χ0n) is 10.0. The van der Waals surface area contributed by atoms with Crippen LogP contribution in [0.25, 0.3) is 0 Å². The van der Waals surface area contributed by atoms with Crippen LogP contribution in [0.1, 0.15) is 52.9 Å². The van der Waals surface area contributed by atoms with Gasteiger partial charge in [0.15, 0.2) is 0 Å². The highest BCUT2D eigenvalue weighted by molar-refractivity contribution is 4.88. The lowest BCUT2D eigenvalue weighted by Gasteiger charge is -2.38. The molecule has 90 valence electrons. The van der Waals surface area contributed by atoms with E-state index >= 15 is 0 Å². The van der Waals surface area contributed by atoms with Crippen LogP contribution < -0.4 is 5.73 Å². The van der Waals surface area contributed by atoms with Crippen molar-refractivity contribution in [1.29, 1.82) is 0 Å². The summed E-state index contributed by atoms with van der Waals surface area (Å²) in [5.41, 5.74) is 4.63. The molecule has 1 aliphatic carbocycles. The molecule has 0 spiro atoms. The number of rotatable bonds is 3. The average Bonchev–Trinajstić information content (AvgIpc) is 2.00. The Bertz CT molecular complexity index is 212. The minimum Gasteiger partial charge on any atom is -0.321 e. The van der Waals surface area contributed by atoms with Gasteiger partial charge in [0.2, 0.25) is 0 Å². The van der Waals surface area contributed by atoms with E-state index < -0.39 is 12.0 Å². The molecule has 0 amide bonds. The molecule has 0 aliphatic heterocycles. The highest BCUT2D eigenvalue weighted by Crippen LogP contribution is 2.41. The third-order valence-electron chi connectivity index (χ3n) is 3.53. The van der Waals surface area contributed by atoms with Gasteiger partial charge in [0.05, 0.1) is 5.54 Å². The number of hydrogen-bond acceptors (Lipinski definition) is 1. The second-order valence-electron chi connectivity index (χ2n) is 6.14. The van der Waals surface area contributed by atoms with E-state index in [-0.39, 0.29) is 0 Å². The Balaban J connectivity index is 2.52. The lowest BCUT2D eigenvalue weighted by Crippen LogP contribution is -2.46. The summed E-state index contributed by atoms with van der Waals surface area (Å²) in [5.74, 6) is 0.373. The first kappa shape index (κ1) is 12.9. The highest BCUT2D eigenvalue weighted by Gasteiger charge is 2.36. The van der Waals surface area contributed by atoms with Gasteiger partial charge < -0.3 is 5.73 Å². The first-order chi connectivity index (χ1) is 6.73. The van der Waals surface area contributed by atoms with E-state index in [0.717, 1.165) is 19.3 Å². The summed E-state index contributed by atoms with van der Waals surface area (Å²) in [6, 6.07) is 0. The SMILES string of the molecule is CC1(C)CCCC(CC(C)(N)C(F)F)C1. The summed E-state index contributed by atoms with van der Waals surface area (Å²) in [4.78, 5) is 0. The molecule has 1 saturated carbocycles. The molecule has 2 unspecified atom stereocenters. The van der Waals surface area contributed by atoms with Crippen molar-refractivity contribution in [2.45, 2.75) is 64.8 Å². The molecule has 1 rings (SSSR count).